The second-order valence-corrected chi connectivity index (χ2v) is 3.70. The normalized spacial score (nSPS) is 10.2. The van der Waals surface area contributed by atoms with Crippen LogP contribution in [0.4, 0.5) is 5.69 Å². The van der Waals surface area contributed by atoms with Crippen molar-refractivity contribution in [2.45, 2.75) is 0 Å². The van der Waals surface area contributed by atoms with E-state index in [0.717, 1.165) is 0 Å². The van der Waals surface area contributed by atoms with Gasteiger partial charge in [0.25, 0.3) is 11.2 Å². The fourth-order valence-corrected chi connectivity index (χ4v) is 1.56. The van der Waals surface area contributed by atoms with Crippen LogP contribution in [0.2, 0.25) is 5.02 Å². The van der Waals surface area contributed by atoms with Crippen LogP contribution in [0.25, 0.3) is 11.3 Å². The number of aromatic amines is 1. The van der Waals surface area contributed by atoms with Crippen LogP contribution in [0, 0.1) is 10.1 Å². The molecule has 2 rings (SSSR count). The Morgan fingerprint density at radius 2 is 2.06 bits per heavy atom. The molecule has 7 heteroatoms. The van der Waals surface area contributed by atoms with Crippen LogP contribution in [0.5, 0.6) is 0 Å². The van der Waals surface area contributed by atoms with Crippen molar-refractivity contribution in [3.8, 4) is 11.3 Å². The SMILES string of the molecule is O=c1ccc(-c2cc(Cl)cc([N+](=O)[O-])c2)n[nH]1. The minimum atomic E-state index is -0.541. The molecule has 0 aliphatic carbocycles. The molecule has 0 spiro atoms. The van der Waals surface area contributed by atoms with Gasteiger partial charge in [-0.3, -0.25) is 14.9 Å². The largest absolute Gasteiger partial charge is 0.271 e. The third-order valence-corrected chi connectivity index (χ3v) is 2.29. The lowest BCUT2D eigenvalue weighted by Gasteiger charge is -2.00. The molecular weight excluding hydrogens is 246 g/mol. The fourth-order valence-electron chi connectivity index (χ4n) is 1.33. The number of rotatable bonds is 2. The lowest BCUT2D eigenvalue weighted by atomic mass is 10.1. The molecule has 0 saturated heterocycles. The second-order valence-electron chi connectivity index (χ2n) is 3.26. The zero-order chi connectivity index (χ0) is 12.4. The monoisotopic (exact) mass is 251 g/mol. The summed E-state index contributed by atoms with van der Waals surface area (Å²) < 4.78 is 0. The minimum Gasteiger partial charge on any atom is -0.268 e. The quantitative estimate of drug-likeness (QED) is 0.653. The van der Waals surface area contributed by atoms with Gasteiger partial charge in [0.2, 0.25) is 0 Å². The molecule has 86 valence electrons. The van der Waals surface area contributed by atoms with Gasteiger partial charge in [-0.05, 0) is 12.1 Å². The molecule has 0 radical (unpaired) electrons. The highest BCUT2D eigenvalue weighted by Gasteiger charge is 2.10. The summed E-state index contributed by atoms with van der Waals surface area (Å²) in [6, 6.07) is 6.88. The molecule has 1 aromatic heterocycles. The summed E-state index contributed by atoms with van der Waals surface area (Å²) in [6.45, 7) is 0. The predicted molar refractivity (Wildman–Crippen MR) is 62.0 cm³/mol. The highest BCUT2D eigenvalue weighted by Crippen LogP contribution is 2.26. The molecule has 0 unspecified atom stereocenters. The molecule has 0 bridgehead atoms. The van der Waals surface area contributed by atoms with Crippen LogP contribution in [0.15, 0.2) is 35.1 Å². The summed E-state index contributed by atoms with van der Waals surface area (Å²) in [5.41, 5.74) is 0.418. The summed E-state index contributed by atoms with van der Waals surface area (Å²) in [6.07, 6.45) is 0. The van der Waals surface area contributed by atoms with Crippen molar-refractivity contribution in [3.05, 3.63) is 55.8 Å². The van der Waals surface area contributed by atoms with Gasteiger partial charge >= 0.3 is 0 Å². The first kappa shape index (κ1) is 11.3. The average Bonchev–Trinajstić information content (AvgIpc) is 2.29. The molecule has 1 heterocycles. The topological polar surface area (TPSA) is 88.9 Å². The van der Waals surface area contributed by atoms with Gasteiger partial charge in [-0.15, -0.1) is 0 Å². The summed E-state index contributed by atoms with van der Waals surface area (Å²) in [7, 11) is 0. The third kappa shape index (κ3) is 2.48. The van der Waals surface area contributed by atoms with Gasteiger partial charge in [0.1, 0.15) is 0 Å². The van der Waals surface area contributed by atoms with E-state index in [0.29, 0.717) is 11.3 Å². The van der Waals surface area contributed by atoms with Gasteiger partial charge in [-0.1, -0.05) is 11.6 Å². The maximum absolute atomic E-state index is 10.8. The molecule has 0 fully saturated rings. The van der Waals surface area contributed by atoms with E-state index in [9.17, 15) is 14.9 Å². The molecule has 1 aromatic carbocycles. The van der Waals surface area contributed by atoms with E-state index in [1.165, 1.54) is 30.3 Å². The maximum Gasteiger partial charge on any atom is 0.271 e. The molecule has 0 saturated carbocycles. The van der Waals surface area contributed by atoms with E-state index in [2.05, 4.69) is 10.2 Å². The maximum atomic E-state index is 10.8. The summed E-state index contributed by atoms with van der Waals surface area (Å²) in [5.74, 6) is 0. The summed E-state index contributed by atoms with van der Waals surface area (Å²) in [4.78, 5) is 21.0. The van der Waals surface area contributed by atoms with Crippen molar-refractivity contribution in [3.63, 3.8) is 0 Å². The first-order chi connectivity index (χ1) is 8.06. The predicted octanol–water partition coefficient (Wildman–Crippen LogP) is 2.00. The molecule has 0 aliphatic rings. The Labute approximate surface area is 100 Å². The second kappa shape index (κ2) is 4.34. The van der Waals surface area contributed by atoms with Crippen LogP contribution in [0.3, 0.4) is 0 Å². The number of non-ortho nitro benzene ring substituents is 1. The number of H-pyrrole nitrogens is 1. The van der Waals surface area contributed by atoms with Crippen molar-refractivity contribution < 1.29 is 4.92 Å². The molecular formula is C10H6ClN3O3. The van der Waals surface area contributed by atoms with Crippen molar-refractivity contribution in [2.24, 2.45) is 0 Å². The number of nitro groups is 1. The van der Waals surface area contributed by atoms with Crippen molar-refractivity contribution in [1.29, 1.82) is 0 Å². The molecule has 0 amide bonds. The van der Waals surface area contributed by atoms with E-state index in [4.69, 9.17) is 11.6 Å². The van der Waals surface area contributed by atoms with E-state index >= 15 is 0 Å². The minimum absolute atomic E-state index is 0.125. The fraction of sp³-hybridized carbons (Fsp3) is 0. The molecule has 1 N–H and O–H groups in total. The number of hydrogen-bond acceptors (Lipinski definition) is 4. The van der Waals surface area contributed by atoms with Crippen LogP contribution in [0.1, 0.15) is 0 Å². The lowest BCUT2D eigenvalue weighted by molar-refractivity contribution is -0.384. The Morgan fingerprint density at radius 3 is 2.65 bits per heavy atom. The highest BCUT2D eigenvalue weighted by atomic mass is 35.5. The molecule has 17 heavy (non-hydrogen) atoms. The van der Waals surface area contributed by atoms with Crippen molar-refractivity contribution >= 4 is 17.3 Å². The van der Waals surface area contributed by atoms with Crippen molar-refractivity contribution in [2.75, 3.05) is 0 Å². The van der Waals surface area contributed by atoms with Gasteiger partial charge in [0.15, 0.2) is 0 Å². The number of hydrogen-bond donors (Lipinski definition) is 1. The van der Waals surface area contributed by atoms with E-state index < -0.39 is 4.92 Å². The van der Waals surface area contributed by atoms with Crippen LogP contribution >= 0.6 is 11.6 Å². The Hall–Kier alpha value is -2.21. The molecule has 0 aliphatic heterocycles. The van der Waals surface area contributed by atoms with Gasteiger partial charge in [-0.2, -0.15) is 5.10 Å². The van der Waals surface area contributed by atoms with E-state index in [-0.39, 0.29) is 16.3 Å². The highest BCUT2D eigenvalue weighted by molar-refractivity contribution is 6.31. The van der Waals surface area contributed by atoms with Crippen molar-refractivity contribution in [1.82, 2.24) is 10.2 Å². The first-order valence-electron chi connectivity index (χ1n) is 4.57. The Bertz CT molecular complexity index is 618. The lowest BCUT2D eigenvalue weighted by Crippen LogP contribution is -2.05. The van der Waals surface area contributed by atoms with Gasteiger partial charge < -0.3 is 0 Å². The number of nitrogens with zero attached hydrogens (tertiary/aromatic N) is 2. The number of nitro benzene ring substituents is 1. The van der Waals surface area contributed by atoms with Gasteiger partial charge in [0, 0.05) is 28.8 Å². The Kier molecular flexibility index (Phi) is 2.88. The molecule has 2 aromatic rings. The first-order valence-corrected chi connectivity index (χ1v) is 4.95. The zero-order valence-electron chi connectivity index (χ0n) is 8.38. The molecule has 6 nitrogen and oxygen atoms in total. The average molecular weight is 252 g/mol. The third-order valence-electron chi connectivity index (χ3n) is 2.07. The number of nitrogens with one attached hydrogen (secondary N) is 1. The standard InChI is InChI=1S/C10H6ClN3O3/c11-7-3-6(4-8(5-7)14(16)17)9-1-2-10(15)13-12-9/h1-5H,(H,13,15). The van der Waals surface area contributed by atoms with Gasteiger partial charge in [-0.25, -0.2) is 5.10 Å². The van der Waals surface area contributed by atoms with Crippen LogP contribution in [-0.4, -0.2) is 15.1 Å². The smallest absolute Gasteiger partial charge is 0.268 e. The summed E-state index contributed by atoms with van der Waals surface area (Å²) >= 11 is 5.77. The Morgan fingerprint density at radius 1 is 1.29 bits per heavy atom. The van der Waals surface area contributed by atoms with Crippen LogP contribution < -0.4 is 5.56 Å². The van der Waals surface area contributed by atoms with E-state index in [1.54, 1.807) is 0 Å². The van der Waals surface area contributed by atoms with Gasteiger partial charge in [0.05, 0.1) is 10.6 Å². The molecule has 0 atom stereocenters. The zero-order valence-corrected chi connectivity index (χ0v) is 9.14. The van der Waals surface area contributed by atoms with E-state index in [1.807, 2.05) is 0 Å². The number of benzene rings is 1. The number of halogens is 1. The van der Waals surface area contributed by atoms with Crippen LogP contribution in [-0.2, 0) is 0 Å². The number of aromatic nitrogens is 2. The summed E-state index contributed by atoms with van der Waals surface area (Å²) in [5, 5.41) is 16.9. The Balaban J connectivity index is 2.55.